The molecule has 1 atom stereocenters. The van der Waals surface area contributed by atoms with Crippen LogP contribution in [0.3, 0.4) is 0 Å². The molecule has 2 aromatic carbocycles. The zero-order valence-corrected chi connectivity index (χ0v) is 24.2. The summed E-state index contributed by atoms with van der Waals surface area (Å²) in [5.74, 6) is -2.32. The lowest BCUT2D eigenvalue weighted by atomic mass is 9.88. The summed E-state index contributed by atoms with van der Waals surface area (Å²) in [5, 5.41) is 6.93. The van der Waals surface area contributed by atoms with Gasteiger partial charge in [-0.25, -0.2) is 15.0 Å². The van der Waals surface area contributed by atoms with Gasteiger partial charge in [0.2, 0.25) is 0 Å². The van der Waals surface area contributed by atoms with E-state index in [4.69, 9.17) is 25.8 Å². The molecular formula is C29H28ClN3O7S. The fourth-order valence-electron chi connectivity index (χ4n) is 4.26. The molecule has 0 radical (unpaired) electrons. The molecule has 0 fully saturated rings. The number of hydrogen-bond acceptors (Lipinski definition) is 9. The highest BCUT2D eigenvalue weighted by atomic mass is 35.5. The van der Waals surface area contributed by atoms with Crippen LogP contribution in [0.25, 0.3) is 0 Å². The van der Waals surface area contributed by atoms with Crippen molar-refractivity contribution in [2.24, 2.45) is 11.0 Å². The number of hydrazone groups is 1. The molecule has 0 unspecified atom stereocenters. The number of nitrogens with one attached hydrogen (secondary N) is 2. The lowest BCUT2D eigenvalue weighted by Gasteiger charge is -2.18. The van der Waals surface area contributed by atoms with Gasteiger partial charge in [-0.1, -0.05) is 30.7 Å². The number of anilines is 1. The van der Waals surface area contributed by atoms with Crippen molar-refractivity contribution in [3.8, 4) is 11.5 Å². The average Bonchev–Trinajstić information content (AvgIpc) is 3.30. The van der Waals surface area contributed by atoms with E-state index in [2.05, 4.69) is 22.8 Å². The molecule has 2 N–H and O–H groups in total. The Balaban J connectivity index is 1.41. The van der Waals surface area contributed by atoms with Crippen molar-refractivity contribution in [2.45, 2.75) is 33.1 Å². The van der Waals surface area contributed by atoms with Crippen LogP contribution in [0.1, 0.15) is 57.0 Å². The van der Waals surface area contributed by atoms with E-state index in [-0.39, 0.29) is 28.7 Å². The Morgan fingerprint density at radius 2 is 1.88 bits per heavy atom. The van der Waals surface area contributed by atoms with E-state index >= 15 is 0 Å². The lowest BCUT2D eigenvalue weighted by Crippen LogP contribution is -2.32. The van der Waals surface area contributed by atoms with Crippen LogP contribution in [0.4, 0.5) is 5.00 Å². The van der Waals surface area contributed by atoms with Crippen LogP contribution >= 0.6 is 22.9 Å². The van der Waals surface area contributed by atoms with Crippen LogP contribution in [0.15, 0.2) is 47.6 Å². The van der Waals surface area contributed by atoms with Crippen molar-refractivity contribution in [2.75, 3.05) is 19.0 Å². The Labute approximate surface area is 245 Å². The molecule has 1 aliphatic carbocycles. The highest BCUT2D eigenvalue weighted by Gasteiger charge is 2.30. The summed E-state index contributed by atoms with van der Waals surface area (Å²) in [6.07, 6.45) is 3.71. The number of esters is 2. The number of methoxy groups -OCH3 is 1. The second kappa shape index (κ2) is 13.4. The molecule has 0 aliphatic heterocycles. The van der Waals surface area contributed by atoms with E-state index < -0.39 is 23.8 Å². The summed E-state index contributed by atoms with van der Waals surface area (Å²) in [5.41, 5.74) is 4.05. The summed E-state index contributed by atoms with van der Waals surface area (Å²) in [6.45, 7) is 4.03. The molecule has 1 heterocycles. The number of amides is 2. The maximum Gasteiger partial charge on any atom is 0.345 e. The number of ether oxygens (including phenoxy) is 3. The van der Waals surface area contributed by atoms with Crippen molar-refractivity contribution < 1.29 is 33.4 Å². The first-order chi connectivity index (χ1) is 19.7. The average molecular weight is 598 g/mol. The Hall–Kier alpha value is -4.22. The van der Waals surface area contributed by atoms with Gasteiger partial charge >= 0.3 is 23.8 Å². The Bertz CT molecular complexity index is 1520. The van der Waals surface area contributed by atoms with Crippen molar-refractivity contribution in [1.29, 1.82) is 0 Å². The quantitative estimate of drug-likeness (QED) is 0.122. The third-order valence-corrected chi connectivity index (χ3v) is 7.79. The summed E-state index contributed by atoms with van der Waals surface area (Å²) < 4.78 is 15.9. The number of nitrogens with zero attached hydrogens (tertiary/aromatic N) is 1. The number of fused-ring (bicyclic) bond motifs is 1. The van der Waals surface area contributed by atoms with E-state index in [1.165, 1.54) is 36.8 Å². The van der Waals surface area contributed by atoms with Gasteiger partial charge in [-0.05, 0) is 73.6 Å². The van der Waals surface area contributed by atoms with Gasteiger partial charge in [-0.15, -0.1) is 11.3 Å². The molecule has 12 heteroatoms. The zero-order valence-electron chi connectivity index (χ0n) is 22.6. The summed E-state index contributed by atoms with van der Waals surface area (Å²) >= 11 is 7.35. The molecule has 0 spiro atoms. The van der Waals surface area contributed by atoms with Crippen LogP contribution in [0.2, 0.25) is 5.02 Å². The molecule has 41 heavy (non-hydrogen) atoms. The second-order valence-corrected chi connectivity index (χ2v) is 10.7. The molecule has 4 rings (SSSR count). The number of carbonyl (C=O) groups excluding carboxylic acids is 4. The fourth-order valence-corrected chi connectivity index (χ4v) is 5.87. The van der Waals surface area contributed by atoms with Crippen LogP contribution in [0.5, 0.6) is 11.5 Å². The van der Waals surface area contributed by atoms with E-state index in [0.29, 0.717) is 28.5 Å². The van der Waals surface area contributed by atoms with Gasteiger partial charge in [0, 0.05) is 4.88 Å². The van der Waals surface area contributed by atoms with Gasteiger partial charge in [0.15, 0.2) is 11.5 Å². The number of benzene rings is 2. The first-order valence-electron chi connectivity index (χ1n) is 12.8. The van der Waals surface area contributed by atoms with Crippen LogP contribution in [-0.4, -0.2) is 43.7 Å². The second-order valence-electron chi connectivity index (χ2n) is 9.21. The minimum atomic E-state index is -1.02. The normalized spacial score (nSPS) is 14.2. The lowest BCUT2D eigenvalue weighted by molar-refractivity contribution is -0.136. The van der Waals surface area contributed by atoms with Gasteiger partial charge in [-0.3, -0.25) is 9.59 Å². The standard InChI is InChI=1S/C29H28ClN3O7S/c1-4-39-29(37)24-19-11-9-16(2)13-23(19)41-27(24)32-25(34)26(35)33-31-15-17-10-12-21(22(14-17)38-3)40-28(36)18-7-5-6-8-20(18)30/h5-8,10,12,14-16H,4,9,11,13H2,1-3H3,(H,32,34)(H,33,35)/b31-15-/t16-/m1/s1. The van der Waals surface area contributed by atoms with Gasteiger partial charge < -0.3 is 19.5 Å². The monoisotopic (exact) mass is 597 g/mol. The first kappa shape index (κ1) is 29.8. The number of thiophene rings is 1. The highest BCUT2D eigenvalue weighted by molar-refractivity contribution is 7.17. The van der Waals surface area contributed by atoms with Crippen molar-refractivity contribution in [3.05, 3.63) is 74.6 Å². The Kier molecular flexibility index (Phi) is 9.74. The molecule has 0 saturated carbocycles. The molecule has 1 aliphatic rings. The largest absolute Gasteiger partial charge is 0.493 e. The first-order valence-corrected chi connectivity index (χ1v) is 14.0. The van der Waals surface area contributed by atoms with E-state index in [1.54, 1.807) is 37.3 Å². The van der Waals surface area contributed by atoms with E-state index in [0.717, 1.165) is 23.3 Å². The molecule has 1 aromatic heterocycles. The smallest absolute Gasteiger partial charge is 0.345 e. The minimum Gasteiger partial charge on any atom is -0.493 e. The molecule has 3 aromatic rings. The van der Waals surface area contributed by atoms with Crippen molar-refractivity contribution in [3.63, 3.8) is 0 Å². The van der Waals surface area contributed by atoms with Crippen LogP contribution < -0.4 is 20.2 Å². The molecule has 0 bridgehead atoms. The van der Waals surface area contributed by atoms with E-state index in [1.807, 2.05) is 0 Å². The number of rotatable bonds is 8. The zero-order chi connectivity index (χ0) is 29.5. The van der Waals surface area contributed by atoms with Gasteiger partial charge in [0.1, 0.15) is 5.00 Å². The van der Waals surface area contributed by atoms with Gasteiger partial charge in [-0.2, -0.15) is 5.10 Å². The topological polar surface area (TPSA) is 132 Å². The van der Waals surface area contributed by atoms with Gasteiger partial charge in [0.05, 0.1) is 36.1 Å². The number of carbonyl (C=O) groups is 4. The molecule has 0 saturated heterocycles. The van der Waals surface area contributed by atoms with E-state index in [9.17, 15) is 19.2 Å². The molecular weight excluding hydrogens is 570 g/mol. The predicted octanol–water partition coefficient (Wildman–Crippen LogP) is 5.02. The molecule has 10 nitrogen and oxygen atoms in total. The summed E-state index contributed by atoms with van der Waals surface area (Å²) in [6, 6.07) is 11.1. The van der Waals surface area contributed by atoms with Crippen LogP contribution in [-0.2, 0) is 27.2 Å². The SMILES string of the molecule is CCOC(=O)c1c(NC(=O)C(=O)N/N=C\c2ccc(OC(=O)c3ccccc3Cl)c(OC)c2)sc2c1CC[C@@H](C)C2. The van der Waals surface area contributed by atoms with Gasteiger partial charge in [0.25, 0.3) is 0 Å². The Morgan fingerprint density at radius 3 is 2.61 bits per heavy atom. The maximum atomic E-state index is 12.6. The molecule has 2 amide bonds. The number of hydrogen-bond donors (Lipinski definition) is 2. The Morgan fingerprint density at radius 1 is 1.10 bits per heavy atom. The third kappa shape index (κ3) is 7.11. The van der Waals surface area contributed by atoms with Crippen molar-refractivity contribution in [1.82, 2.24) is 5.43 Å². The third-order valence-electron chi connectivity index (χ3n) is 6.29. The fraction of sp³-hybridized carbons (Fsp3) is 0.276. The minimum absolute atomic E-state index is 0.156. The van der Waals surface area contributed by atoms with Crippen molar-refractivity contribution >= 4 is 57.9 Å². The predicted molar refractivity (Wildman–Crippen MR) is 155 cm³/mol. The molecule has 214 valence electrons. The summed E-state index contributed by atoms with van der Waals surface area (Å²) in [7, 11) is 1.41. The summed E-state index contributed by atoms with van der Waals surface area (Å²) in [4.78, 5) is 51.2. The number of halogens is 1. The highest BCUT2D eigenvalue weighted by Crippen LogP contribution is 2.40. The van der Waals surface area contributed by atoms with Crippen LogP contribution in [0, 0.1) is 5.92 Å². The maximum absolute atomic E-state index is 12.6.